The molecule has 1 heterocycles. The number of hydrogen-bond donors (Lipinski definition) is 1. The monoisotopic (exact) mass is 245 g/mol. The first-order valence-corrected chi connectivity index (χ1v) is 4.58. The normalized spacial score (nSPS) is 10.6. The van der Waals surface area contributed by atoms with Crippen molar-refractivity contribution in [1.82, 2.24) is 9.55 Å². The second-order valence-corrected chi connectivity index (χ2v) is 3.33. The van der Waals surface area contributed by atoms with Crippen LogP contribution in [0.15, 0.2) is 18.5 Å². The summed E-state index contributed by atoms with van der Waals surface area (Å²) in [5.74, 6) is -5.87. The summed E-state index contributed by atoms with van der Waals surface area (Å²) in [4.78, 5) is 3.73. The van der Waals surface area contributed by atoms with Crippen molar-refractivity contribution in [3.05, 3.63) is 41.7 Å². The number of anilines is 2. The highest BCUT2D eigenvalue weighted by atomic mass is 19.2. The van der Waals surface area contributed by atoms with Gasteiger partial charge in [0, 0.05) is 25.5 Å². The fraction of sp³-hybridized carbons (Fsp3) is 0.100. The lowest BCUT2D eigenvalue weighted by atomic mass is 10.2. The van der Waals surface area contributed by atoms with Gasteiger partial charge in [0.05, 0.1) is 0 Å². The van der Waals surface area contributed by atoms with E-state index in [4.69, 9.17) is 0 Å². The summed E-state index contributed by atoms with van der Waals surface area (Å²) >= 11 is 0. The Bertz CT molecular complexity index is 539. The highest BCUT2D eigenvalue weighted by Crippen LogP contribution is 2.26. The molecule has 0 atom stereocenters. The molecule has 1 aromatic carbocycles. The van der Waals surface area contributed by atoms with Gasteiger partial charge in [-0.3, -0.25) is 0 Å². The van der Waals surface area contributed by atoms with Crippen molar-refractivity contribution in [2.24, 2.45) is 7.05 Å². The number of nitrogens with one attached hydrogen (secondary N) is 1. The zero-order valence-electron chi connectivity index (χ0n) is 8.64. The van der Waals surface area contributed by atoms with Crippen LogP contribution >= 0.6 is 0 Å². The number of halogens is 4. The largest absolute Gasteiger partial charge is 0.321 e. The number of hydrogen-bond acceptors (Lipinski definition) is 2. The van der Waals surface area contributed by atoms with Crippen LogP contribution in [-0.2, 0) is 7.05 Å². The first-order valence-electron chi connectivity index (χ1n) is 4.58. The molecule has 3 nitrogen and oxygen atoms in total. The van der Waals surface area contributed by atoms with Crippen LogP contribution in [0.4, 0.5) is 29.2 Å². The molecule has 17 heavy (non-hydrogen) atoms. The van der Waals surface area contributed by atoms with Gasteiger partial charge in [0.25, 0.3) is 0 Å². The quantitative estimate of drug-likeness (QED) is 0.651. The van der Waals surface area contributed by atoms with E-state index >= 15 is 0 Å². The van der Waals surface area contributed by atoms with Crippen LogP contribution in [0.3, 0.4) is 0 Å². The third-order valence-corrected chi connectivity index (χ3v) is 2.17. The Morgan fingerprint density at radius 1 is 1.12 bits per heavy atom. The minimum absolute atomic E-state index is 0.0628. The predicted octanol–water partition coefficient (Wildman–Crippen LogP) is 2.72. The minimum Gasteiger partial charge on any atom is -0.321 e. The molecule has 0 radical (unpaired) electrons. The van der Waals surface area contributed by atoms with Gasteiger partial charge in [0.2, 0.25) is 5.95 Å². The molecule has 0 aliphatic carbocycles. The maximum atomic E-state index is 13.3. The Hall–Kier alpha value is -2.05. The molecule has 0 bridgehead atoms. The highest BCUT2D eigenvalue weighted by molar-refractivity contribution is 5.55. The molecule has 7 heteroatoms. The Labute approximate surface area is 93.7 Å². The summed E-state index contributed by atoms with van der Waals surface area (Å²) in [6, 6.07) is 0.147. The van der Waals surface area contributed by atoms with E-state index in [9.17, 15) is 17.6 Å². The fourth-order valence-corrected chi connectivity index (χ4v) is 1.28. The third kappa shape index (κ3) is 1.95. The summed E-state index contributed by atoms with van der Waals surface area (Å²) in [5.41, 5.74) is -0.906. The topological polar surface area (TPSA) is 29.9 Å². The molecule has 0 aliphatic rings. The van der Waals surface area contributed by atoms with E-state index in [1.165, 1.54) is 17.0 Å². The van der Waals surface area contributed by atoms with E-state index in [-0.39, 0.29) is 12.0 Å². The lowest BCUT2D eigenvalue weighted by Gasteiger charge is -2.09. The number of aromatic nitrogens is 2. The van der Waals surface area contributed by atoms with Crippen molar-refractivity contribution in [3.63, 3.8) is 0 Å². The van der Waals surface area contributed by atoms with Crippen molar-refractivity contribution in [1.29, 1.82) is 0 Å². The molecule has 0 saturated heterocycles. The summed E-state index contributed by atoms with van der Waals surface area (Å²) in [5, 5.41) is 2.19. The van der Waals surface area contributed by atoms with E-state index in [1.807, 2.05) is 0 Å². The van der Waals surface area contributed by atoms with E-state index in [0.717, 1.165) is 0 Å². The SMILES string of the molecule is Cn1ccnc1Nc1c(F)c(F)cc(F)c1F. The summed E-state index contributed by atoms with van der Waals surface area (Å²) in [7, 11) is 1.56. The standard InChI is InChI=1S/C10H7F4N3/c1-17-3-2-15-10(17)16-9-7(13)5(11)4-6(12)8(9)14/h2-4H,1H3,(H,15,16). The van der Waals surface area contributed by atoms with Crippen LogP contribution in [0.2, 0.25) is 0 Å². The van der Waals surface area contributed by atoms with Crippen molar-refractivity contribution in [2.75, 3.05) is 5.32 Å². The van der Waals surface area contributed by atoms with Crippen molar-refractivity contribution in [2.45, 2.75) is 0 Å². The van der Waals surface area contributed by atoms with E-state index in [2.05, 4.69) is 10.3 Å². The molecule has 0 spiro atoms. The molecule has 0 unspecified atom stereocenters. The number of aryl methyl sites for hydroxylation is 1. The number of rotatable bonds is 2. The molecule has 2 rings (SSSR count). The molecule has 0 saturated carbocycles. The molecule has 90 valence electrons. The third-order valence-electron chi connectivity index (χ3n) is 2.17. The Kier molecular flexibility index (Phi) is 2.74. The van der Waals surface area contributed by atoms with Crippen LogP contribution in [0.25, 0.3) is 0 Å². The zero-order chi connectivity index (χ0) is 12.6. The van der Waals surface area contributed by atoms with Crippen LogP contribution in [-0.4, -0.2) is 9.55 Å². The average Bonchev–Trinajstić information content (AvgIpc) is 2.68. The first-order chi connectivity index (χ1) is 8.00. The maximum absolute atomic E-state index is 13.3. The first kappa shape index (κ1) is 11.4. The molecule has 0 aliphatic heterocycles. The number of benzene rings is 1. The molecule has 1 N–H and O–H groups in total. The van der Waals surface area contributed by atoms with E-state index in [0.29, 0.717) is 0 Å². The van der Waals surface area contributed by atoms with Crippen LogP contribution in [0, 0.1) is 23.3 Å². The fourth-order valence-electron chi connectivity index (χ4n) is 1.28. The van der Waals surface area contributed by atoms with Crippen molar-refractivity contribution >= 4 is 11.6 Å². The van der Waals surface area contributed by atoms with E-state index < -0.39 is 29.0 Å². The van der Waals surface area contributed by atoms with Gasteiger partial charge in [0.1, 0.15) is 5.69 Å². The average molecular weight is 245 g/mol. The lowest BCUT2D eigenvalue weighted by molar-refractivity contribution is 0.459. The molecular weight excluding hydrogens is 238 g/mol. The van der Waals surface area contributed by atoms with Crippen LogP contribution in [0.1, 0.15) is 0 Å². The second-order valence-electron chi connectivity index (χ2n) is 3.33. The Morgan fingerprint density at radius 2 is 1.71 bits per heavy atom. The summed E-state index contributed by atoms with van der Waals surface area (Å²) < 4.78 is 53.8. The molecule has 1 aromatic heterocycles. The van der Waals surface area contributed by atoms with Crippen LogP contribution in [0.5, 0.6) is 0 Å². The van der Waals surface area contributed by atoms with Crippen LogP contribution < -0.4 is 5.32 Å². The predicted molar refractivity (Wildman–Crippen MR) is 52.8 cm³/mol. The van der Waals surface area contributed by atoms with Gasteiger partial charge in [-0.1, -0.05) is 0 Å². The summed E-state index contributed by atoms with van der Waals surface area (Å²) in [6.07, 6.45) is 2.88. The van der Waals surface area contributed by atoms with Crippen molar-refractivity contribution in [3.8, 4) is 0 Å². The Balaban J connectivity index is 2.49. The summed E-state index contributed by atoms with van der Waals surface area (Å²) in [6.45, 7) is 0. The molecule has 0 amide bonds. The van der Waals surface area contributed by atoms with Gasteiger partial charge in [-0.25, -0.2) is 22.5 Å². The minimum atomic E-state index is -1.49. The zero-order valence-corrected chi connectivity index (χ0v) is 8.64. The number of imidazole rings is 1. The maximum Gasteiger partial charge on any atom is 0.207 e. The van der Waals surface area contributed by atoms with Gasteiger partial charge in [-0.05, 0) is 0 Å². The van der Waals surface area contributed by atoms with E-state index in [1.54, 1.807) is 7.05 Å². The smallest absolute Gasteiger partial charge is 0.207 e. The van der Waals surface area contributed by atoms with Gasteiger partial charge >= 0.3 is 0 Å². The molecule has 2 aromatic rings. The van der Waals surface area contributed by atoms with Crippen molar-refractivity contribution < 1.29 is 17.6 Å². The second kappa shape index (κ2) is 4.08. The Morgan fingerprint density at radius 3 is 2.18 bits per heavy atom. The highest BCUT2D eigenvalue weighted by Gasteiger charge is 2.20. The lowest BCUT2D eigenvalue weighted by Crippen LogP contribution is -2.06. The number of nitrogens with zero attached hydrogens (tertiary/aromatic N) is 2. The van der Waals surface area contributed by atoms with Gasteiger partial charge in [-0.2, -0.15) is 0 Å². The van der Waals surface area contributed by atoms with Gasteiger partial charge in [0.15, 0.2) is 23.3 Å². The van der Waals surface area contributed by atoms with Gasteiger partial charge < -0.3 is 9.88 Å². The van der Waals surface area contributed by atoms with Gasteiger partial charge in [-0.15, -0.1) is 0 Å². The molecular formula is C10H7F4N3. The molecule has 0 fully saturated rings.